The summed E-state index contributed by atoms with van der Waals surface area (Å²) in [7, 11) is 0. The number of nitrogens with zero attached hydrogens (tertiary/aromatic N) is 2. The number of hydrogen-bond donors (Lipinski definition) is 2. The van der Waals surface area contributed by atoms with Crippen molar-refractivity contribution in [2.75, 3.05) is 11.9 Å². The smallest absolute Gasteiger partial charge is 0.266 e. The molecule has 6 heteroatoms. The summed E-state index contributed by atoms with van der Waals surface area (Å²) < 4.78 is 2.18. The van der Waals surface area contributed by atoms with Gasteiger partial charge in [0, 0.05) is 35.7 Å². The van der Waals surface area contributed by atoms with E-state index in [1.54, 1.807) is 30.3 Å². The fourth-order valence-corrected chi connectivity index (χ4v) is 3.04. The third kappa shape index (κ3) is 4.89. The van der Waals surface area contributed by atoms with Crippen LogP contribution >= 0.6 is 0 Å². The van der Waals surface area contributed by atoms with Crippen LogP contribution in [-0.4, -0.2) is 22.9 Å². The third-order valence-corrected chi connectivity index (χ3v) is 4.44. The maximum absolute atomic E-state index is 12.6. The van der Waals surface area contributed by atoms with E-state index >= 15 is 0 Å². The van der Waals surface area contributed by atoms with Gasteiger partial charge in [-0.3, -0.25) is 9.59 Å². The van der Waals surface area contributed by atoms with Gasteiger partial charge in [-0.05, 0) is 63.1 Å². The molecule has 28 heavy (non-hydrogen) atoms. The highest BCUT2D eigenvalue weighted by atomic mass is 16.2. The normalized spacial score (nSPS) is 11.0. The van der Waals surface area contributed by atoms with E-state index < -0.39 is 5.91 Å². The summed E-state index contributed by atoms with van der Waals surface area (Å²) in [5.74, 6) is -0.714. The molecule has 2 amide bonds. The van der Waals surface area contributed by atoms with E-state index in [2.05, 4.69) is 22.1 Å². The first-order valence-electron chi connectivity index (χ1n) is 9.39. The highest BCUT2D eigenvalue weighted by molar-refractivity contribution is 6.10. The average Bonchev–Trinajstić information content (AvgIpc) is 2.94. The molecule has 1 aromatic carbocycles. The van der Waals surface area contributed by atoms with Crippen LogP contribution in [-0.2, 0) is 11.3 Å². The lowest BCUT2D eigenvalue weighted by Crippen LogP contribution is -2.22. The van der Waals surface area contributed by atoms with Crippen LogP contribution < -0.4 is 10.6 Å². The number of rotatable bonds is 7. The van der Waals surface area contributed by atoms with Crippen LogP contribution in [0.3, 0.4) is 0 Å². The molecule has 0 saturated heterocycles. The van der Waals surface area contributed by atoms with Crippen molar-refractivity contribution < 1.29 is 9.59 Å². The number of benzene rings is 1. The van der Waals surface area contributed by atoms with Crippen molar-refractivity contribution >= 4 is 23.6 Å². The van der Waals surface area contributed by atoms with E-state index in [0.29, 0.717) is 17.8 Å². The Morgan fingerprint density at radius 3 is 2.61 bits per heavy atom. The molecule has 0 bridgehead atoms. The van der Waals surface area contributed by atoms with Gasteiger partial charge >= 0.3 is 0 Å². The molecule has 6 nitrogen and oxygen atoms in total. The SMILES string of the molecule is CCCn1c(C)cc(/C=C(\C#N)C(=O)Nc2cccc(C(=O)NCC)c2)c1C. The number of anilines is 1. The zero-order chi connectivity index (χ0) is 20.7. The van der Waals surface area contributed by atoms with Crippen LogP contribution in [0.15, 0.2) is 35.9 Å². The first kappa shape index (κ1) is 21.0. The Morgan fingerprint density at radius 1 is 1.21 bits per heavy atom. The van der Waals surface area contributed by atoms with Gasteiger partial charge in [0.25, 0.3) is 11.8 Å². The van der Waals surface area contributed by atoms with Crippen molar-refractivity contribution in [1.82, 2.24) is 9.88 Å². The van der Waals surface area contributed by atoms with E-state index in [4.69, 9.17) is 0 Å². The Morgan fingerprint density at radius 2 is 1.96 bits per heavy atom. The molecule has 0 aliphatic heterocycles. The van der Waals surface area contributed by atoms with Crippen LogP contribution in [0.25, 0.3) is 6.08 Å². The molecular formula is C22H26N4O2. The highest BCUT2D eigenvalue weighted by Gasteiger charge is 2.14. The minimum absolute atomic E-state index is 0.0140. The van der Waals surface area contributed by atoms with Gasteiger partial charge in [-0.25, -0.2) is 0 Å². The lowest BCUT2D eigenvalue weighted by Gasteiger charge is -2.08. The van der Waals surface area contributed by atoms with Crippen LogP contribution in [0.4, 0.5) is 5.69 Å². The molecule has 2 aromatic rings. The molecule has 0 unspecified atom stereocenters. The van der Waals surface area contributed by atoms with Crippen LogP contribution in [0, 0.1) is 25.2 Å². The first-order chi connectivity index (χ1) is 13.4. The second-order valence-electron chi connectivity index (χ2n) is 6.54. The molecule has 2 rings (SSSR count). The van der Waals surface area contributed by atoms with Crippen LogP contribution in [0.2, 0.25) is 0 Å². The number of nitriles is 1. The van der Waals surface area contributed by atoms with Gasteiger partial charge in [-0.1, -0.05) is 13.0 Å². The zero-order valence-electron chi connectivity index (χ0n) is 16.8. The largest absolute Gasteiger partial charge is 0.352 e. The summed E-state index contributed by atoms with van der Waals surface area (Å²) in [4.78, 5) is 24.5. The second kappa shape index (κ2) is 9.56. The quantitative estimate of drug-likeness (QED) is 0.567. The molecular weight excluding hydrogens is 352 g/mol. The van der Waals surface area contributed by atoms with Crippen molar-refractivity contribution in [3.05, 3.63) is 58.4 Å². The van der Waals surface area contributed by atoms with Crippen LogP contribution in [0.5, 0.6) is 0 Å². The first-order valence-corrected chi connectivity index (χ1v) is 9.39. The van der Waals surface area contributed by atoms with E-state index in [1.807, 2.05) is 32.9 Å². The summed E-state index contributed by atoms with van der Waals surface area (Å²) in [5.41, 5.74) is 3.90. The highest BCUT2D eigenvalue weighted by Crippen LogP contribution is 2.19. The molecule has 0 fully saturated rings. The third-order valence-electron chi connectivity index (χ3n) is 4.44. The van der Waals surface area contributed by atoms with Gasteiger partial charge in [-0.2, -0.15) is 5.26 Å². The molecule has 0 atom stereocenters. The number of carbonyl (C=O) groups is 2. The number of carbonyl (C=O) groups excluding carboxylic acids is 2. The van der Waals surface area contributed by atoms with Gasteiger partial charge in [0.2, 0.25) is 0 Å². The maximum atomic E-state index is 12.6. The maximum Gasteiger partial charge on any atom is 0.266 e. The van der Waals surface area contributed by atoms with E-state index in [0.717, 1.165) is 29.9 Å². The number of aromatic nitrogens is 1. The topological polar surface area (TPSA) is 86.9 Å². The summed E-state index contributed by atoms with van der Waals surface area (Å²) in [6.07, 6.45) is 2.62. The Labute approximate surface area is 165 Å². The molecule has 0 saturated carbocycles. The van der Waals surface area contributed by atoms with E-state index in [-0.39, 0.29) is 11.5 Å². The van der Waals surface area contributed by atoms with Crippen LogP contribution in [0.1, 0.15) is 47.6 Å². The van der Waals surface area contributed by atoms with Gasteiger partial charge in [-0.15, -0.1) is 0 Å². The number of nitrogens with one attached hydrogen (secondary N) is 2. The molecule has 0 aliphatic rings. The van der Waals surface area contributed by atoms with Gasteiger partial charge in [0.15, 0.2) is 0 Å². The van der Waals surface area contributed by atoms with Crippen molar-refractivity contribution in [2.24, 2.45) is 0 Å². The Bertz CT molecular complexity index is 948. The predicted molar refractivity (Wildman–Crippen MR) is 111 cm³/mol. The Hall–Kier alpha value is -3.33. The van der Waals surface area contributed by atoms with E-state index in [1.165, 1.54) is 0 Å². The molecule has 0 aliphatic carbocycles. The summed E-state index contributed by atoms with van der Waals surface area (Å²) in [5, 5.41) is 14.9. The van der Waals surface area contributed by atoms with Crippen molar-refractivity contribution in [2.45, 2.75) is 40.7 Å². The van der Waals surface area contributed by atoms with Gasteiger partial charge in [0.05, 0.1) is 0 Å². The monoisotopic (exact) mass is 378 g/mol. The fourth-order valence-electron chi connectivity index (χ4n) is 3.04. The Balaban J connectivity index is 2.24. The van der Waals surface area contributed by atoms with Gasteiger partial charge in [0.1, 0.15) is 11.6 Å². The van der Waals surface area contributed by atoms with Crippen molar-refractivity contribution in [3.8, 4) is 6.07 Å². The fraction of sp³-hybridized carbons (Fsp3) is 0.318. The predicted octanol–water partition coefficient (Wildman–Crippen LogP) is 3.81. The molecule has 1 aromatic heterocycles. The minimum atomic E-state index is -0.504. The average molecular weight is 378 g/mol. The molecule has 1 heterocycles. The minimum Gasteiger partial charge on any atom is -0.352 e. The molecule has 0 spiro atoms. The molecule has 0 radical (unpaired) electrons. The number of amides is 2. The Kier molecular flexibility index (Phi) is 7.16. The molecule has 146 valence electrons. The second-order valence-corrected chi connectivity index (χ2v) is 6.54. The lowest BCUT2D eigenvalue weighted by atomic mass is 10.1. The number of hydrogen-bond acceptors (Lipinski definition) is 3. The standard InChI is InChI=1S/C22H26N4O2/c1-5-10-26-15(3)11-18(16(26)4)12-19(14-23)22(28)25-20-9-7-8-17(13-20)21(27)24-6-2/h7-9,11-13H,5-6,10H2,1-4H3,(H,24,27)(H,25,28)/b19-12+. The lowest BCUT2D eigenvalue weighted by molar-refractivity contribution is -0.112. The molecule has 2 N–H and O–H groups in total. The zero-order valence-corrected chi connectivity index (χ0v) is 16.8. The summed E-state index contributed by atoms with van der Waals surface area (Å²) >= 11 is 0. The number of aryl methyl sites for hydroxylation is 1. The van der Waals surface area contributed by atoms with Crippen molar-refractivity contribution in [1.29, 1.82) is 5.26 Å². The summed E-state index contributed by atoms with van der Waals surface area (Å²) in [6, 6.07) is 10.6. The van der Waals surface area contributed by atoms with Gasteiger partial charge < -0.3 is 15.2 Å². The van der Waals surface area contributed by atoms with Crippen molar-refractivity contribution in [3.63, 3.8) is 0 Å². The van der Waals surface area contributed by atoms with E-state index in [9.17, 15) is 14.9 Å². The summed E-state index contributed by atoms with van der Waals surface area (Å²) in [6.45, 7) is 9.36.